The van der Waals surface area contributed by atoms with Crippen LogP contribution in [0.1, 0.15) is 26.7 Å². The van der Waals surface area contributed by atoms with Gasteiger partial charge in [-0.05, 0) is 11.8 Å². The lowest BCUT2D eigenvalue weighted by atomic mass is 9.91. The van der Waals surface area contributed by atoms with Crippen molar-refractivity contribution in [3.05, 3.63) is 0 Å². The van der Waals surface area contributed by atoms with Crippen LogP contribution in [0.4, 0.5) is 0 Å². The average molecular weight is 156 g/mol. The van der Waals surface area contributed by atoms with Gasteiger partial charge in [-0.15, -0.1) is 0 Å². The summed E-state index contributed by atoms with van der Waals surface area (Å²) in [5, 5.41) is 8.60. The molecule has 1 aliphatic rings. The van der Waals surface area contributed by atoms with E-state index in [1.54, 1.807) is 0 Å². The highest BCUT2D eigenvalue weighted by molar-refractivity contribution is 6.00. The molecule has 62 valence electrons. The number of carbonyl (C=O) groups is 2. The second-order valence-corrected chi connectivity index (χ2v) is 3.90. The number of hydrogen-bond acceptors (Lipinski definition) is 2. The minimum atomic E-state index is -0.972. The topological polar surface area (TPSA) is 54.4 Å². The maximum Gasteiger partial charge on any atom is 0.314 e. The Kier molecular flexibility index (Phi) is 1.74. The standard InChI is InChI=1S/C8H12O3/c1-8(2)3-5(7(10)11)6(9)4-8/h5H,3-4H2,1-2H3,(H,10,11). The quantitative estimate of drug-likeness (QED) is 0.578. The summed E-state index contributed by atoms with van der Waals surface area (Å²) in [6, 6.07) is 0. The Balaban J connectivity index is 2.74. The van der Waals surface area contributed by atoms with Gasteiger partial charge in [0, 0.05) is 6.42 Å². The summed E-state index contributed by atoms with van der Waals surface area (Å²) in [4.78, 5) is 21.5. The lowest BCUT2D eigenvalue weighted by molar-refractivity contribution is -0.145. The first-order valence-corrected chi connectivity index (χ1v) is 3.68. The van der Waals surface area contributed by atoms with Crippen LogP contribution in [-0.4, -0.2) is 16.9 Å². The minimum Gasteiger partial charge on any atom is -0.481 e. The van der Waals surface area contributed by atoms with Crippen molar-refractivity contribution < 1.29 is 14.7 Å². The third kappa shape index (κ3) is 1.59. The molecule has 0 aromatic rings. The van der Waals surface area contributed by atoms with Crippen molar-refractivity contribution in [2.45, 2.75) is 26.7 Å². The Bertz CT molecular complexity index is 205. The van der Waals surface area contributed by atoms with Crippen LogP contribution in [0.5, 0.6) is 0 Å². The van der Waals surface area contributed by atoms with Crippen LogP contribution in [-0.2, 0) is 9.59 Å². The molecule has 1 aliphatic carbocycles. The number of rotatable bonds is 1. The van der Waals surface area contributed by atoms with E-state index in [-0.39, 0.29) is 11.2 Å². The molecule has 1 unspecified atom stereocenters. The fourth-order valence-electron chi connectivity index (χ4n) is 1.56. The van der Waals surface area contributed by atoms with Crippen molar-refractivity contribution >= 4 is 11.8 Å². The first kappa shape index (κ1) is 8.24. The largest absolute Gasteiger partial charge is 0.481 e. The highest BCUT2D eigenvalue weighted by Crippen LogP contribution is 2.38. The SMILES string of the molecule is CC1(C)CC(=O)C(C(=O)O)C1. The molecule has 1 rings (SSSR count). The molecule has 0 aromatic heterocycles. The van der Waals surface area contributed by atoms with Crippen LogP contribution in [0.2, 0.25) is 0 Å². The van der Waals surface area contributed by atoms with E-state index in [1.165, 1.54) is 0 Å². The van der Waals surface area contributed by atoms with Gasteiger partial charge in [0.05, 0.1) is 0 Å². The number of ketones is 1. The summed E-state index contributed by atoms with van der Waals surface area (Å²) in [5.41, 5.74) is -0.111. The van der Waals surface area contributed by atoms with Gasteiger partial charge < -0.3 is 5.11 Å². The van der Waals surface area contributed by atoms with Gasteiger partial charge in [0.25, 0.3) is 0 Å². The molecule has 1 N–H and O–H groups in total. The summed E-state index contributed by atoms with van der Waals surface area (Å²) in [6.45, 7) is 3.85. The molecule has 1 fully saturated rings. The summed E-state index contributed by atoms with van der Waals surface area (Å²) in [6.07, 6.45) is 0.894. The van der Waals surface area contributed by atoms with Crippen LogP contribution < -0.4 is 0 Å². The highest BCUT2D eigenvalue weighted by Gasteiger charge is 2.41. The third-order valence-electron chi connectivity index (χ3n) is 2.10. The second kappa shape index (κ2) is 2.32. The molecule has 1 atom stereocenters. The zero-order chi connectivity index (χ0) is 8.65. The number of carboxylic acid groups (broad SMARTS) is 1. The predicted octanol–water partition coefficient (Wildman–Crippen LogP) is 1.08. The molecular formula is C8H12O3. The van der Waals surface area contributed by atoms with Crippen molar-refractivity contribution in [2.75, 3.05) is 0 Å². The number of carbonyl (C=O) groups excluding carboxylic acids is 1. The summed E-state index contributed by atoms with van der Waals surface area (Å²) in [5.74, 6) is -1.84. The van der Waals surface area contributed by atoms with E-state index in [2.05, 4.69) is 0 Å². The molecule has 0 aromatic carbocycles. The molecule has 0 amide bonds. The minimum absolute atomic E-state index is 0.111. The van der Waals surface area contributed by atoms with Crippen LogP contribution in [0.3, 0.4) is 0 Å². The van der Waals surface area contributed by atoms with Gasteiger partial charge in [-0.1, -0.05) is 13.8 Å². The second-order valence-electron chi connectivity index (χ2n) is 3.90. The van der Waals surface area contributed by atoms with E-state index in [0.717, 1.165) is 0 Å². The molecule has 1 saturated carbocycles. The molecule has 0 radical (unpaired) electrons. The fraction of sp³-hybridized carbons (Fsp3) is 0.750. The first-order valence-electron chi connectivity index (χ1n) is 3.68. The van der Waals surface area contributed by atoms with Crippen molar-refractivity contribution in [2.24, 2.45) is 11.3 Å². The Morgan fingerprint density at radius 1 is 1.64 bits per heavy atom. The third-order valence-corrected chi connectivity index (χ3v) is 2.10. The van der Waals surface area contributed by atoms with E-state index in [9.17, 15) is 9.59 Å². The van der Waals surface area contributed by atoms with Gasteiger partial charge in [0.1, 0.15) is 11.7 Å². The molecular weight excluding hydrogens is 144 g/mol. The number of carboxylic acids is 1. The van der Waals surface area contributed by atoms with E-state index in [4.69, 9.17) is 5.11 Å². The normalized spacial score (nSPS) is 28.9. The van der Waals surface area contributed by atoms with Crippen molar-refractivity contribution in [3.8, 4) is 0 Å². The van der Waals surface area contributed by atoms with E-state index < -0.39 is 11.9 Å². The van der Waals surface area contributed by atoms with Gasteiger partial charge >= 0.3 is 5.97 Å². The van der Waals surface area contributed by atoms with Gasteiger partial charge in [-0.25, -0.2) is 0 Å². The Labute approximate surface area is 65.4 Å². The molecule has 0 spiro atoms. The predicted molar refractivity (Wildman–Crippen MR) is 39.1 cm³/mol. The van der Waals surface area contributed by atoms with Crippen molar-refractivity contribution in [1.82, 2.24) is 0 Å². The van der Waals surface area contributed by atoms with Crippen LogP contribution in [0, 0.1) is 11.3 Å². The van der Waals surface area contributed by atoms with Gasteiger partial charge in [-0.2, -0.15) is 0 Å². The fourth-order valence-corrected chi connectivity index (χ4v) is 1.56. The monoisotopic (exact) mass is 156 g/mol. The molecule has 0 heterocycles. The summed E-state index contributed by atoms with van der Waals surface area (Å²) in [7, 11) is 0. The van der Waals surface area contributed by atoms with Crippen molar-refractivity contribution in [3.63, 3.8) is 0 Å². The Morgan fingerprint density at radius 3 is 2.36 bits per heavy atom. The van der Waals surface area contributed by atoms with Crippen LogP contribution >= 0.6 is 0 Å². The number of Topliss-reactive ketones (excluding diaryl/α,β-unsaturated/α-hetero) is 1. The number of hydrogen-bond donors (Lipinski definition) is 1. The smallest absolute Gasteiger partial charge is 0.314 e. The Morgan fingerprint density at radius 2 is 2.18 bits per heavy atom. The lowest BCUT2D eigenvalue weighted by Crippen LogP contribution is -2.17. The molecule has 11 heavy (non-hydrogen) atoms. The average Bonchev–Trinajstić information content (AvgIpc) is 2.05. The van der Waals surface area contributed by atoms with E-state index in [1.807, 2.05) is 13.8 Å². The summed E-state index contributed by atoms with van der Waals surface area (Å²) < 4.78 is 0. The lowest BCUT2D eigenvalue weighted by Gasteiger charge is -2.13. The zero-order valence-electron chi connectivity index (χ0n) is 6.76. The van der Waals surface area contributed by atoms with Gasteiger partial charge in [0.2, 0.25) is 0 Å². The van der Waals surface area contributed by atoms with Gasteiger partial charge in [-0.3, -0.25) is 9.59 Å². The van der Waals surface area contributed by atoms with Crippen LogP contribution in [0.15, 0.2) is 0 Å². The highest BCUT2D eigenvalue weighted by atomic mass is 16.4. The number of aliphatic carboxylic acids is 1. The maximum atomic E-state index is 11.1. The maximum absolute atomic E-state index is 11.1. The first-order chi connectivity index (χ1) is 4.92. The molecule has 3 heteroatoms. The van der Waals surface area contributed by atoms with E-state index in [0.29, 0.717) is 12.8 Å². The Hall–Kier alpha value is -0.860. The van der Waals surface area contributed by atoms with Crippen molar-refractivity contribution in [1.29, 1.82) is 0 Å². The van der Waals surface area contributed by atoms with Gasteiger partial charge in [0.15, 0.2) is 0 Å². The molecule has 0 saturated heterocycles. The molecule has 0 aliphatic heterocycles. The molecule has 3 nitrogen and oxygen atoms in total. The zero-order valence-corrected chi connectivity index (χ0v) is 6.76. The van der Waals surface area contributed by atoms with Crippen LogP contribution in [0.25, 0.3) is 0 Å². The summed E-state index contributed by atoms with van der Waals surface area (Å²) >= 11 is 0. The van der Waals surface area contributed by atoms with E-state index >= 15 is 0 Å². The molecule has 0 bridgehead atoms.